The van der Waals surface area contributed by atoms with Crippen LogP contribution in [0.5, 0.6) is 0 Å². The predicted molar refractivity (Wildman–Crippen MR) is 112 cm³/mol. The molecule has 3 aromatic rings. The Balaban J connectivity index is 1.69. The molecule has 3 rings (SSSR count). The Morgan fingerprint density at radius 2 is 1.79 bits per heavy atom. The first-order chi connectivity index (χ1) is 13.3. The van der Waals surface area contributed by atoms with Gasteiger partial charge in [0.25, 0.3) is 0 Å². The average Bonchev–Trinajstić information content (AvgIpc) is 3.24. The largest absolute Gasteiger partial charge is 0.345 e. The zero-order valence-corrected chi connectivity index (χ0v) is 17.3. The zero-order valence-electron chi connectivity index (χ0n) is 16.4. The van der Waals surface area contributed by atoms with E-state index in [0.29, 0.717) is 5.69 Å². The molecule has 0 aliphatic carbocycles. The first-order valence-corrected chi connectivity index (χ1v) is 9.95. The van der Waals surface area contributed by atoms with Crippen molar-refractivity contribution >= 4 is 28.8 Å². The summed E-state index contributed by atoms with van der Waals surface area (Å²) >= 11 is 1.60. The van der Waals surface area contributed by atoms with Gasteiger partial charge in [-0.3, -0.25) is 14.3 Å². The van der Waals surface area contributed by atoms with E-state index < -0.39 is 11.8 Å². The second kappa shape index (κ2) is 8.39. The van der Waals surface area contributed by atoms with Crippen molar-refractivity contribution in [1.82, 2.24) is 15.1 Å². The van der Waals surface area contributed by atoms with Crippen molar-refractivity contribution in [3.63, 3.8) is 0 Å². The second-order valence-corrected chi connectivity index (χ2v) is 7.92. The van der Waals surface area contributed by atoms with Gasteiger partial charge in [-0.2, -0.15) is 5.10 Å². The number of thiophene rings is 1. The smallest absolute Gasteiger partial charge is 0.313 e. The van der Waals surface area contributed by atoms with Crippen LogP contribution in [0.4, 0.5) is 5.69 Å². The van der Waals surface area contributed by atoms with Crippen molar-refractivity contribution in [1.29, 1.82) is 0 Å². The number of nitrogens with one attached hydrogen (secondary N) is 2. The van der Waals surface area contributed by atoms with Crippen LogP contribution in [-0.4, -0.2) is 28.1 Å². The summed E-state index contributed by atoms with van der Waals surface area (Å²) in [7, 11) is 0. The molecule has 2 amide bonds. The molecule has 0 aliphatic heterocycles. The summed E-state index contributed by atoms with van der Waals surface area (Å²) in [6.07, 6.45) is 0. The van der Waals surface area contributed by atoms with Crippen LogP contribution in [0.25, 0.3) is 0 Å². The summed E-state index contributed by atoms with van der Waals surface area (Å²) in [4.78, 5) is 25.7. The maximum atomic E-state index is 12.4. The molecule has 0 spiro atoms. The van der Waals surface area contributed by atoms with Gasteiger partial charge in [-0.1, -0.05) is 12.1 Å². The lowest BCUT2D eigenvalue weighted by atomic mass is 10.1. The molecule has 0 aliphatic rings. The van der Waals surface area contributed by atoms with Crippen molar-refractivity contribution in [2.45, 2.75) is 33.7 Å². The minimum atomic E-state index is -0.678. The molecule has 0 radical (unpaired) electrons. The SMILES string of the molecule is Cc1cc(C)cc(NC(=O)C(=O)NCC(c2cccs2)n2nc(C)cc2C)c1. The summed E-state index contributed by atoms with van der Waals surface area (Å²) in [6, 6.07) is 11.5. The zero-order chi connectivity index (χ0) is 20.3. The third-order valence-electron chi connectivity index (χ3n) is 4.35. The van der Waals surface area contributed by atoms with Gasteiger partial charge in [-0.25, -0.2) is 0 Å². The Morgan fingerprint density at radius 1 is 1.07 bits per heavy atom. The minimum absolute atomic E-state index is 0.160. The monoisotopic (exact) mass is 396 g/mol. The van der Waals surface area contributed by atoms with E-state index in [4.69, 9.17) is 0 Å². The molecule has 7 heteroatoms. The lowest BCUT2D eigenvalue weighted by molar-refractivity contribution is -0.136. The summed E-state index contributed by atoms with van der Waals surface area (Å²) in [5, 5.41) is 12.0. The molecule has 6 nitrogen and oxygen atoms in total. The standard InChI is InChI=1S/C21H24N4O2S/c1-13-8-14(2)10-17(9-13)23-21(27)20(26)22-12-18(19-6-5-7-28-19)25-16(4)11-15(3)24-25/h5-11,18H,12H2,1-4H3,(H,22,26)(H,23,27). The van der Waals surface area contributed by atoms with E-state index in [1.165, 1.54) is 0 Å². The Kier molecular flexibility index (Phi) is 5.94. The van der Waals surface area contributed by atoms with E-state index in [2.05, 4.69) is 15.7 Å². The Bertz CT molecular complexity index is 972. The number of rotatable bonds is 5. The first-order valence-electron chi connectivity index (χ1n) is 9.07. The maximum absolute atomic E-state index is 12.4. The number of hydrogen-bond acceptors (Lipinski definition) is 4. The van der Waals surface area contributed by atoms with E-state index in [-0.39, 0.29) is 12.6 Å². The van der Waals surface area contributed by atoms with E-state index >= 15 is 0 Å². The fourth-order valence-corrected chi connectivity index (χ4v) is 4.07. The topological polar surface area (TPSA) is 76.0 Å². The molecule has 0 bridgehead atoms. The summed E-state index contributed by atoms with van der Waals surface area (Å²) < 4.78 is 1.89. The van der Waals surface area contributed by atoms with Crippen LogP contribution in [0.15, 0.2) is 41.8 Å². The van der Waals surface area contributed by atoms with Gasteiger partial charge in [0, 0.05) is 22.8 Å². The lowest BCUT2D eigenvalue weighted by Crippen LogP contribution is -2.39. The van der Waals surface area contributed by atoms with Crippen LogP contribution in [0, 0.1) is 27.7 Å². The van der Waals surface area contributed by atoms with E-state index in [1.807, 2.05) is 74.2 Å². The third-order valence-corrected chi connectivity index (χ3v) is 5.33. The van der Waals surface area contributed by atoms with Crippen LogP contribution in [0.2, 0.25) is 0 Å². The molecule has 146 valence electrons. The fourth-order valence-electron chi connectivity index (χ4n) is 3.25. The van der Waals surface area contributed by atoms with Gasteiger partial charge in [0.15, 0.2) is 0 Å². The number of carbonyl (C=O) groups excluding carboxylic acids is 2. The molecule has 1 unspecified atom stereocenters. The maximum Gasteiger partial charge on any atom is 0.313 e. The number of hydrogen-bond donors (Lipinski definition) is 2. The van der Waals surface area contributed by atoms with Crippen LogP contribution in [0.1, 0.15) is 33.4 Å². The van der Waals surface area contributed by atoms with Gasteiger partial charge in [0.2, 0.25) is 0 Å². The molecule has 0 saturated carbocycles. The highest BCUT2D eigenvalue weighted by Crippen LogP contribution is 2.24. The number of aryl methyl sites for hydroxylation is 4. The van der Waals surface area contributed by atoms with Gasteiger partial charge in [-0.15, -0.1) is 11.3 Å². The summed E-state index contributed by atoms with van der Waals surface area (Å²) in [5.41, 5.74) is 4.59. The molecule has 28 heavy (non-hydrogen) atoms. The highest BCUT2D eigenvalue weighted by molar-refractivity contribution is 7.10. The highest BCUT2D eigenvalue weighted by Gasteiger charge is 2.21. The molecule has 2 N–H and O–H groups in total. The van der Waals surface area contributed by atoms with Crippen molar-refractivity contribution in [3.8, 4) is 0 Å². The molecular weight excluding hydrogens is 372 g/mol. The molecule has 1 atom stereocenters. The van der Waals surface area contributed by atoms with Gasteiger partial charge in [0.1, 0.15) is 6.04 Å². The van der Waals surface area contributed by atoms with E-state index in [1.54, 1.807) is 11.3 Å². The number of benzene rings is 1. The molecule has 2 heterocycles. The Labute approximate surface area is 168 Å². The first kappa shape index (κ1) is 19.8. The van der Waals surface area contributed by atoms with Gasteiger partial charge in [0.05, 0.1) is 5.69 Å². The second-order valence-electron chi connectivity index (χ2n) is 6.94. The number of nitrogens with zero attached hydrogens (tertiary/aromatic N) is 2. The molecular formula is C21H24N4O2S. The molecule has 0 fully saturated rings. The van der Waals surface area contributed by atoms with E-state index in [0.717, 1.165) is 27.4 Å². The molecule has 1 aromatic carbocycles. The number of anilines is 1. The van der Waals surface area contributed by atoms with Gasteiger partial charge < -0.3 is 10.6 Å². The minimum Gasteiger partial charge on any atom is -0.345 e. The van der Waals surface area contributed by atoms with Crippen LogP contribution in [-0.2, 0) is 9.59 Å². The number of carbonyl (C=O) groups is 2. The number of amides is 2. The summed E-state index contributed by atoms with van der Waals surface area (Å²) in [5.74, 6) is -1.34. The molecule has 0 saturated heterocycles. The molecule has 2 aromatic heterocycles. The predicted octanol–water partition coefficient (Wildman–Crippen LogP) is 3.52. The number of aromatic nitrogens is 2. The van der Waals surface area contributed by atoms with Gasteiger partial charge in [-0.05, 0) is 68.5 Å². The highest BCUT2D eigenvalue weighted by atomic mass is 32.1. The van der Waals surface area contributed by atoms with Crippen molar-refractivity contribution in [3.05, 3.63) is 69.2 Å². The van der Waals surface area contributed by atoms with Gasteiger partial charge >= 0.3 is 11.8 Å². The van der Waals surface area contributed by atoms with E-state index in [9.17, 15) is 9.59 Å². The van der Waals surface area contributed by atoms with Crippen molar-refractivity contribution in [2.75, 3.05) is 11.9 Å². The Hall–Kier alpha value is -2.93. The third kappa shape index (κ3) is 4.67. The summed E-state index contributed by atoms with van der Waals surface area (Å²) in [6.45, 7) is 8.09. The quantitative estimate of drug-likeness (QED) is 0.648. The average molecular weight is 397 g/mol. The van der Waals surface area contributed by atoms with Crippen LogP contribution in [0.3, 0.4) is 0 Å². The van der Waals surface area contributed by atoms with Crippen molar-refractivity contribution in [2.24, 2.45) is 0 Å². The van der Waals surface area contributed by atoms with Crippen LogP contribution >= 0.6 is 11.3 Å². The van der Waals surface area contributed by atoms with Crippen molar-refractivity contribution < 1.29 is 9.59 Å². The normalized spacial score (nSPS) is 11.9. The lowest BCUT2D eigenvalue weighted by Gasteiger charge is -2.18. The fraction of sp³-hybridized carbons (Fsp3) is 0.286. The Morgan fingerprint density at radius 3 is 2.36 bits per heavy atom. The van der Waals surface area contributed by atoms with Crippen LogP contribution < -0.4 is 10.6 Å².